The van der Waals surface area contributed by atoms with Crippen molar-refractivity contribution < 1.29 is 17.9 Å². The van der Waals surface area contributed by atoms with Gasteiger partial charge in [0.05, 0.1) is 12.3 Å². The number of aromatic nitrogens is 1. The van der Waals surface area contributed by atoms with E-state index in [1.807, 2.05) is 0 Å². The second-order valence-electron chi connectivity index (χ2n) is 3.89. The van der Waals surface area contributed by atoms with Crippen LogP contribution in [0.5, 0.6) is 0 Å². The Labute approximate surface area is 123 Å². The van der Waals surface area contributed by atoms with Crippen molar-refractivity contribution in [3.63, 3.8) is 0 Å². The Morgan fingerprint density at radius 1 is 1.30 bits per heavy atom. The van der Waals surface area contributed by atoms with Crippen LogP contribution < -0.4 is 4.72 Å². The van der Waals surface area contributed by atoms with Crippen molar-refractivity contribution >= 4 is 31.6 Å². The maximum absolute atomic E-state index is 13.5. The highest BCUT2D eigenvalue weighted by Gasteiger charge is 2.17. The quantitative estimate of drug-likeness (QED) is 0.876. The molecule has 0 aliphatic carbocycles. The van der Waals surface area contributed by atoms with E-state index in [4.69, 9.17) is 5.11 Å². The molecular formula is C12H10BrFN2O3S. The second kappa shape index (κ2) is 5.86. The first-order chi connectivity index (χ1) is 9.42. The Balaban J connectivity index is 2.32. The van der Waals surface area contributed by atoms with Crippen LogP contribution in [-0.2, 0) is 16.6 Å². The smallest absolute Gasteiger partial charge is 0.279 e. The van der Waals surface area contributed by atoms with E-state index >= 15 is 0 Å². The van der Waals surface area contributed by atoms with Gasteiger partial charge < -0.3 is 5.11 Å². The van der Waals surface area contributed by atoms with Gasteiger partial charge in [0.25, 0.3) is 10.0 Å². The summed E-state index contributed by atoms with van der Waals surface area (Å²) < 4.78 is 40.3. The van der Waals surface area contributed by atoms with E-state index in [0.717, 1.165) is 6.07 Å². The van der Waals surface area contributed by atoms with Crippen LogP contribution in [0, 0.1) is 5.82 Å². The van der Waals surface area contributed by atoms with Crippen LogP contribution in [0.2, 0.25) is 0 Å². The lowest BCUT2D eigenvalue weighted by atomic mass is 10.3. The first-order valence-electron chi connectivity index (χ1n) is 5.46. The molecule has 2 N–H and O–H groups in total. The van der Waals surface area contributed by atoms with Crippen LogP contribution in [0.1, 0.15) is 5.56 Å². The van der Waals surface area contributed by atoms with Gasteiger partial charge >= 0.3 is 0 Å². The third-order valence-corrected chi connectivity index (χ3v) is 4.20. The number of aliphatic hydroxyl groups excluding tert-OH is 1. The van der Waals surface area contributed by atoms with Gasteiger partial charge in [0.15, 0.2) is 5.03 Å². The number of halogens is 2. The molecule has 2 rings (SSSR count). The fourth-order valence-electron chi connectivity index (χ4n) is 1.44. The molecule has 0 aliphatic rings. The molecule has 20 heavy (non-hydrogen) atoms. The van der Waals surface area contributed by atoms with Crippen LogP contribution in [0.4, 0.5) is 10.1 Å². The number of nitrogens with zero attached hydrogens (tertiary/aromatic N) is 1. The van der Waals surface area contributed by atoms with Gasteiger partial charge in [-0.15, -0.1) is 0 Å². The number of sulfonamides is 1. The van der Waals surface area contributed by atoms with Crippen molar-refractivity contribution in [1.29, 1.82) is 0 Å². The van der Waals surface area contributed by atoms with Gasteiger partial charge in [-0.3, -0.25) is 4.72 Å². The topological polar surface area (TPSA) is 79.3 Å². The van der Waals surface area contributed by atoms with Gasteiger partial charge in [0, 0.05) is 10.7 Å². The van der Waals surface area contributed by atoms with Gasteiger partial charge in [-0.1, -0.05) is 22.0 Å². The number of nitrogens with one attached hydrogen (secondary N) is 1. The molecule has 0 spiro atoms. The molecule has 1 aromatic carbocycles. The molecule has 106 valence electrons. The predicted octanol–water partition coefficient (Wildman–Crippen LogP) is 2.28. The van der Waals surface area contributed by atoms with Crippen molar-refractivity contribution in [2.24, 2.45) is 0 Å². The van der Waals surface area contributed by atoms with Crippen LogP contribution in [0.3, 0.4) is 0 Å². The molecule has 2 aromatic rings. The molecular weight excluding hydrogens is 351 g/mol. The van der Waals surface area contributed by atoms with E-state index in [1.165, 1.54) is 30.5 Å². The predicted molar refractivity (Wildman–Crippen MR) is 75.1 cm³/mol. The molecule has 0 saturated heterocycles. The molecule has 1 heterocycles. The average Bonchev–Trinajstić information content (AvgIpc) is 2.43. The third-order valence-electron chi connectivity index (χ3n) is 2.43. The fourth-order valence-corrected chi connectivity index (χ4v) is 2.79. The number of aliphatic hydroxyl groups is 1. The Morgan fingerprint density at radius 2 is 2.05 bits per heavy atom. The van der Waals surface area contributed by atoms with Crippen LogP contribution >= 0.6 is 15.9 Å². The maximum Gasteiger partial charge on any atom is 0.279 e. The second-order valence-corrected chi connectivity index (χ2v) is 6.44. The number of anilines is 1. The average molecular weight is 361 g/mol. The molecule has 0 amide bonds. The lowest BCUT2D eigenvalue weighted by Crippen LogP contribution is -2.15. The Bertz CT molecular complexity index is 720. The molecule has 0 atom stereocenters. The summed E-state index contributed by atoms with van der Waals surface area (Å²) in [6, 6.07) is 6.59. The number of hydrogen-bond acceptors (Lipinski definition) is 4. The summed E-state index contributed by atoms with van der Waals surface area (Å²) in [7, 11) is -3.98. The van der Waals surface area contributed by atoms with Crippen molar-refractivity contribution in [2.45, 2.75) is 11.6 Å². The third kappa shape index (κ3) is 3.33. The molecule has 0 radical (unpaired) electrons. The van der Waals surface area contributed by atoms with Gasteiger partial charge in [-0.25, -0.2) is 9.37 Å². The first kappa shape index (κ1) is 14.9. The minimum atomic E-state index is -3.98. The fraction of sp³-hybridized carbons (Fsp3) is 0.0833. The monoisotopic (exact) mass is 360 g/mol. The number of rotatable bonds is 4. The zero-order chi connectivity index (χ0) is 14.8. The maximum atomic E-state index is 13.5. The normalized spacial score (nSPS) is 11.3. The van der Waals surface area contributed by atoms with E-state index in [0.29, 0.717) is 10.0 Å². The highest BCUT2D eigenvalue weighted by Crippen LogP contribution is 2.22. The molecule has 1 aromatic heterocycles. The van der Waals surface area contributed by atoms with E-state index in [9.17, 15) is 12.8 Å². The van der Waals surface area contributed by atoms with E-state index in [-0.39, 0.29) is 17.3 Å². The summed E-state index contributed by atoms with van der Waals surface area (Å²) >= 11 is 3.13. The van der Waals surface area contributed by atoms with Crippen LogP contribution in [0.25, 0.3) is 0 Å². The van der Waals surface area contributed by atoms with Crippen molar-refractivity contribution in [3.8, 4) is 0 Å². The standard InChI is InChI=1S/C12H10BrFN2O3S/c13-9-2-3-10(14)11(5-9)16-20(18,19)12-4-1-8(7-17)6-15-12/h1-6,16-17H,7H2. The first-order valence-corrected chi connectivity index (χ1v) is 7.73. The molecule has 5 nitrogen and oxygen atoms in total. The highest BCUT2D eigenvalue weighted by molar-refractivity contribution is 9.10. The lowest BCUT2D eigenvalue weighted by Gasteiger charge is -2.09. The molecule has 0 unspecified atom stereocenters. The summed E-state index contributed by atoms with van der Waals surface area (Å²) in [5.41, 5.74) is 0.310. The Morgan fingerprint density at radius 3 is 2.65 bits per heavy atom. The number of benzene rings is 1. The van der Waals surface area contributed by atoms with E-state index in [2.05, 4.69) is 25.6 Å². The summed E-state index contributed by atoms with van der Waals surface area (Å²) in [5, 5.41) is 8.62. The SMILES string of the molecule is O=S(=O)(Nc1cc(Br)ccc1F)c1ccc(CO)cn1. The van der Waals surface area contributed by atoms with E-state index in [1.54, 1.807) is 0 Å². The number of pyridine rings is 1. The Kier molecular flexibility index (Phi) is 4.36. The summed E-state index contributed by atoms with van der Waals surface area (Å²) in [5.74, 6) is -0.691. The minimum Gasteiger partial charge on any atom is -0.392 e. The van der Waals surface area contributed by atoms with Gasteiger partial charge in [-0.05, 0) is 29.8 Å². The largest absolute Gasteiger partial charge is 0.392 e. The lowest BCUT2D eigenvalue weighted by molar-refractivity contribution is 0.281. The molecule has 0 fully saturated rings. The van der Waals surface area contributed by atoms with Gasteiger partial charge in [0.1, 0.15) is 5.82 Å². The van der Waals surface area contributed by atoms with Crippen molar-refractivity contribution in [1.82, 2.24) is 4.98 Å². The molecule has 0 saturated carbocycles. The zero-order valence-corrected chi connectivity index (χ0v) is 12.4. The summed E-state index contributed by atoms with van der Waals surface area (Å²) in [6.07, 6.45) is 1.24. The Hall–Kier alpha value is -1.51. The van der Waals surface area contributed by atoms with Gasteiger partial charge in [-0.2, -0.15) is 8.42 Å². The molecule has 0 bridgehead atoms. The summed E-state index contributed by atoms with van der Waals surface area (Å²) in [6.45, 7) is -0.235. The summed E-state index contributed by atoms with van der Waals surface area (Å²) in [4.78, 5) is 3.72. The molecule has 8 heteroatoms. The van der Waals surface area contributed by atoms with Gasteiger partial charge in [0.2, 0.25) is 0 Å². The zero-order valence-electron chi connectivity index (χ0n) is 10.0. The number of hydrogen-bond donors (Lipinski definition) is 2. The van der Waals surface area contributed by atoms with Crippen molar-refractivity contribution in [2.75, 3.05) is 4.72 Å². The molecule has 0 aliphatic heterocycles. The van der Waals surface area contributed by atoms with Crippen LogP contribution in [0.15, 0.2) is 46.0 Å². The van der Waals surface area contributed by atoms with Crippen LogP contribution in [-0.4, -0.2) is 18.5 Å². The van der Waals surface area contributed by atoms with Crippen molar-refractivity contribution in [3.05, 3.63) is 52.4 Å². The van der Waals surface area contributed by atoms with E-state index < -0.39 is 15.8 Å². The minimum absolute atomic E-state index is 0.174. The highest BCUT2D eigenvalue weighted by atomic mass is 79.9.